The minimum absolute atomic E-state index is 0.713. The van der Waals surface area contributed by atoms with Gasteiger partial charge >= 0.3 is 5.97 Å². The van der Waals surface area contributed by atoms with Crippen LogP contribution in [0.15, 0.2) is 65.3 Å². The van der Waals surface area contributed by atoms with Gasteiger partial charge in [0.15, 0.2) is 6.04 Å². The summed E-state index contributed by atoms with van der Waals surface area (Å²) in [6.45, 7) is 0. The number of halogens is 1. The summed E-state index contributed by atoms with van der Waals surface area (Å²) in [4.78, 5) is 11.7. The highest BCUT2D eigenvalue weighted by Crippen LogP contribution is 2.27. The van der Waals surface area contributed by atoms with E-state index in [2.05, 4.69) is 15.9 Å². The Kier molecular flexibility index (Phi) is 3.32. The van der Waals surface area contributed by atoms with Crippen molar-refractivity contribution >= 4 is 32.8 Å². The number of hydrogen-bond donors (Lipinski definition) is 1. The van der Waals surface area contributed by atoms with Crippen LogP contribution in [0.1, 0.15) is 11.6 Å². The summed E-state index contributed by atoms with van der Waals surface area (Å²) in [5.41, 5.74) is 1.67. The molecule has 0 amide bonds. The highest BCUT2D eigenvalue weighted by Gasteiger charge is 2.22. The average Bonchev–Trinajstić information content (AvgIpc) is 2.83. The van der Waals surface area contributed by atoms with Crippen molar-refractivity contribution < 1.29 is 9.90 Å². The number of aromatic nitrogens is 1. The van der Waals surface area contributed by atoms with Crippen LogP contribution in [0.4, 0.5) is 0 Å². The monoisotopic (exact) mass is 329 g/mol. The predicted octanol–water partition coefficient (Wildman–Crippen LogP) is 4.08. The molecule has 0 saturated carbocycles. The van der Waals surface area contributed by atoms with Gasteiger partial charge in [-0.2, -0.15) is 0 Å². The van der Waals surface area contributed by atoms with E-state index in [1.54, 1.807) is 4.57 Å². The third-order valence-corrected chi connectivity index (χ3v) is 3.80. The maximum absolute atomic E-state index is 11.7. The van der Waals surface area contributed by atoms with Crippen LogP contribution in [0.3, 0.4) is 0 Å². The van der Waals surface area contributed by atoms with E-state index < -0.39 is 12.0 Å². The van der Waals surface area contributed by atoms with Gasteiger partial charge in [0, 0.05) is 21.6 Å². The molecule has 0 fully saturated rings. The first kappa shape index (κ1) is 12.9. The van der Waals surface area contributed by atoms with Gasteiger partial charge in [0.2, 0.25) is 0 Å². The van der Waals surface area contributed by atoms with E-state index in [-0.39, 0.29) is 0 Å². The van der Waals surface area contributed by atoms with E-state index in [1.165, 1.54) is 0 Å². The highest BCUT2D eigenvalue weighted by atomic mass is 79.9. The first-order valence-corrected chi connectivity index (χ1v) is 7.00. The van der Waals surface area contributed by atoms with Crippen LogP contribution in [0.5, 0.6) is 0 Å². The molecule has 3 nitrogen and oxygen atoms in total. The molecule has 20 heavy (non-hydrogen) atoms. The van der Waals surface area contributed by atoms with Crippen molar-refractivity contribution in [3.8, 4) is 0 Å². The fourth-order valence-corrected chi connectivity index (χ4v) is 2.80. The van der Waals surface area contributed by atoms with Crippen LogP contribution in [0, 0.1) is 0 Å². The van der Waals surface area contributed by atoms with Crippen molar-refractivity contribution in [3.05, 3.63) is 70.8 Å². The normalized spacial score (nSPS) is 12.4. The first-order valence-electron chi connectivity index (χ1n) is 6.20. The highest BCUT2D eigenvalue weighted by molar-refractivity contribution is 9.10. The third kappa shape index (κ3) is 2.23. The van der Waals surface area contributed by atoms with Gasteiger partial charge in [0.05, 0.1) is 0 Å². The molecule has 3 aromatic rings. The van der Waals surface area contributed by atoms with Crippen LogP contribution < -0.4 is 0 Å². The predicted molar refractivity (Wildman–Crippen MR) is 81.9 cm³/mol. The standard InChI is InChI=1S/C16H12BrNO2/c17-13-6-7-14-12(10-13)8-9-18(14)15(16(19)20)11-4-2-1-3-5-11/h1-10,15H,(H,19,20). The van der Waals surface area contributed by atoms with Crippen molar-refractivity contribution in [2.24, 2.45) is 0 Å². The molecule has 0 saturated heterocycles. The smallest absolute Gasteiger partial charge is 0.331 e. The Hall–Kier alpha value is -2.07. The Labute approximate surface area is 124 Å². The van der Waals surface area contributed by atoms with E-state index in [0.717, 1.165) is 20.9 Å². The minimum atomic E-state index is -0.864. The second-order valence-corrected chi connectivity index (χ2v) is 5.49. The van der Waals surface area contributed by atoms with Crippen LogP contribution in [-0.4, -0.2) is 15.6 Å². The first-order chi connectivity index (χ1) is 9.66. The topological polar surface area (TPSA) is 42.2 Å². The molecule has 0 bridgehead atoms. The van der Waals surface area contributed by atoms with E-state index in [1.807, 2.05) is 60.8 Å². The number of carboxylic acids is 1. The van der Waals surface area contributed by atoms with E-state index in [9.17, 15) is 9.90 Å². The SMILES string of the molecule is O=C(O)C(c1ccccc1)n1ccc2cc(Br)ccc21. The molecule has 1 atom stereocenters. The second kappa shape index (κ2) is 5.13. The molecule has 1 aromatic heterocycles. The Bertz CT molecular complexity index is 765. The fraction of sp³-hybridized carbons (Fsp3) is 0.0625. The van der Waals surface area contributed by atoms with Gasteiger partial charge < -0.3 is 9.67 Å². The Morgan fingerprint density at radius 3 is 2.55 bits per heavy atom. The van der Waals surface area contributed by atoms with Crippen LogP contribution in [0.25, 0.3) is 10.9 Å². The lowest BCUT2D eigenvalue weighted by Gasteiger charge is -2.16. The number of carboxylic acid groups (broad SMARTS) is 1. The average molecular weight is 330 g/mol. The zero-order valence-electron chi connectivity index (χ0n) is 10.5. The molecule has 0 spiro atoms. The Morgan fingerprint density at radius 2 is 1.85 bits per heavy atom. The molecular formula is C16H12BrNO2. The molecule has 0 aliphatic rings. The maximum atomic E-state index is 11.7. The zero-order chi connectivity index (χ0) is 14.1. The van der Waals surface area contributed by atoms with Crippen molar-refractivity contribution in [2.75, 3.05) is 0 Å². The molecule has 1 unspecified atom stereocenters. The molecule has 2 aromatic carbocycles. The maximum Gasteiger partial charge on any atom is 0.331 e. The molecule has 3 rings (SSSR count). The summed E-state index contributed by atoms with van der Waals surface area (Å²) in [6, 6.07) is 16.3. The summed E-state index contributed by atoms with van der Waals surface area (Å²) in [6.07, 6.45) is 1.82. The van der Waals surface area contributed by atoms with E-state index in [4.69, 9.17) is 0 Å². The van der Waals surface area contributed by atoms with Crippen molar-refractivity contribution in [2.45, 2.75) is 6.04 Å². The molecule has 4 heteroatoms. The number of aliphatic carboxylic acids is 1. The summed E-state index contributed by atoms with van der Waals surface area (Å²) in [7, 11) is 0. The second-order valence-electron chi connectivity index (χ2n) is 4.58. The van der Waals surface area contributed by atoms with Gasteiger partial charge in [0.25, 0.3) is 0 Å². The molecule has 0 aliphatic heterocycles. The minimum Gasteiger partial charge on any atom is -0.479 e. The van der Waals surface area contributed by atoms with Gasteiger partial charge in [-0.3, -0.25) is 0 Å². The molecule has 1 N–H and O–H groups in total. The van der Waals surface area contributed by atoms with Crippen molar-refractivity contribution in [3.63, 3.8) is 0 Å². The molecular weight excluding hydrogens is 318 g/mol. The Balaban J connectivity index is 2.18. The lowest BCUT2D eigenvalue weighted by molar-refractivity contribution is -0.139. The summed E-state index contributed by atoms with van der Waals surface area (Å²) in [5, 5.41) is 10.6. The largest absolute Gasteiger partial charge is 0.479 e. The van der Waals surface area contributed by atoms with Crippen molar-refractivity contribution in [1.29, 1.82) is 0 Å². The summed E-state index contributed by atoms with van der Waals surface area (Å²) in [5.74, 6) is -0.864. The lowest BCUT2D eigenvalue weighted by Crippen LogP contribution is -2.19. The van der Waals surface area contributed by atoms with E-state index >= 15 is 0 Å². The summed E-state index contributed by atoms with van der Waals surface area (Å²) >= 11 is 3.43. The zero-order valence-corrected chi connectivity index (χ0v) is 12.1. The van der Waals surface area contributed by atoms with Crippen molar-refractivity contribution in [1.82, 2.24) is 4.57 Å². The fourth-order valence-electron chi connectivity index (χ4n) is 2.42. The Morgan fingerprint density at radius 1 is 1.10 bits per heavy atom. The molecule has 0 aliphatic carbocycles. The van der Waals surface area contributed by atoms with Crippen LogP contribution >= 0.6 is 15.9 Å². The number of nitrogens with zero attached hydrogens (tertiary/aromatic N) is 1. The van der Waals surface area contributed by atoms with Gasteiger partial charge in [-0.15, -0.1) is 0 Å². The van der Waals surface area contributed by atoms with Crippen LogP contribution in [0.2, 0.25) is 0 Å². The number of rotatable bonds is 3. The molecule has 0 radical (unpaired) electrons. The third-order valence-electron chi connectivity index (χ3n) is 3.31. The van der Waals surface area contributed by atoms with Gasteiger partial charge in [-0.1, -0.05) is 46.3 Å². The quantitative estimate of drug-likeness (QED) is 0.786. The van der Waals surface area contributed by atoms with E-state index in [0.29, 0.717) is 0 Å². The van der Waals surface area contributed by atoms with Gasteiger partial charge in [0.1, 0.15) is 0 Å². The van der Waals surface area contributed by atoms with Gasteiger partial charge in [-0.25, -0.2) is 4.79 Å². The van der Waals surface area contributed by atoms with Crippen LogP contribution in [-0.2, 0) is 4.79 Å². The number of benzene rings is 2. The summed E-state index contributed by atoms with van der Waals surface area (Å²) < 4.78 is 2.77. The number of fused-ring (bicyclic) bond motifs is 1. The molecule has 1 heterocycles. The number of carbonyl (C=O) groups is 1. The number of hydrogen-bond acceptors (Lipinski definition) is 1. The molecule has 100 valence electrons. The van der Waals surface area contributed by atoms with Gasteiger partial charge in [-0.05, 0) is 29.8 Å². The lowest BCUT2D eigenvalue weighted by atomic mass is 10.1.